The summed E-state index contributed by atoms with van der Waals surface area (Å²) in [5.41, 5.74) is 7.75. The fraction of sp³-hybridized carbons (Fsp3) is 0. The molecule has 0 bridgehead atoms. The fourth-order valence-corrected chi connectivity index (χ4v) is 4.75. The molecule has 5 aromatic carbocycles. The van der Waals surface area contributed by atoms with Gasteiger partial charge in [0.1, 0.15) is 5.82 Å². The number of hydrogen-bond donors (Lipinski definition) is 0. The smallest absolute Gasteiger partial charge is 0.266 e. The van der Waals surface area contributed by atoms with Gasteiger partial charge >= 0.3 is 0 Å². The number of nitrogens with zero attached hydrogens (tertiary/aromatic N) is 2. The van der Waals surface area contributed by atoms with Crippen molar-refractivity contribution in [2.45, 2.75) is 0 Å². The summed E-state index contributed by atoms with van der Waals surface area (Å²) >= 11 is 0. The topological polar surface area (TPSA) is 23.6 Å². The lowest BCUT2D eigenvalue weighted by molar-refractivity contribution is 0.0992. The SMILES string of the molecule is C=C1N(c2ccc(-c3ccccc3)cc2)C(=O)c2ccccc2N1c1ccc(-c2ccccc2)cc1. The van der Waals surface area contributed by atoms with Crippen LogP contribution < -0.4 is 9.80 Å². The van der Waals surface area contributed by atoms with Crippen LogP contribution >= 0.6 is 0 Å². The molecule has 0 radical (unpaired) electrons. The Morgan fingerprint density at radius 1 is 0.444 bits per heavy atom. The van der Waals surface area contributed by atoms with Gasteiger partial charge in [-0.3, -0.25) is 14.6 Å². The summed E-state index contributed by atoms with van der Waals surface area (Å²) in [6.07, 6.45) is 0. The molecule has 5 aromatic rings. The average molecular weight is 465 g/mol. The van der Waals surface area contributed by atoms with E-state index in [1.165, 1.54) is 0 Å². The van der Waals surface area contributed by atoms with Gasteiger partial charge in [0.15, 0.2) is 0 Å². The van der Waals surface area contributed by atoms with Gasteiger partial charge < -0.3 is 0 Å². The molecule has 0 spiro atoms. The Bertz CT molecular complexity index is 1540. The van der Waals surface area contributed by atoms with E-state index in [0.717, 1.165) is 39.3 Å². The molecule has 36 heavy (non-hydrogen) atoms. The number of para-hydroxylation sites is 1. The van der Waals surface area contributed by atoms with Gasteiger partial charge in [-0.2, -0.15) is 0 Å². The summed E-state index contributed by atoms with van der Waals surface area (Å²) < 4.78 is 0. The number of amides is 1. The molecule has 0 unspecified atom stereocenters. The number of fused-ring (bicyclic) bond motifs is 1. The lowest BCUT2D eigenvalue weighted by atomic mass is 10.0. The number of rotatable bonds is 4. The van der Waals surface area contributed by atoms with E-state index in [2.05, 4.69) is 60.0 Å². The number of carbonyl (C=O) groups is 1. The molecule has 0 N–H and O–H groups in total. The van der Waals surface area contributed by atoms with E-state index < -0.39 is 0 Å². The molecule has 1 aliphatic heterocycles. The van der Waals surface area contributed by atoms with Crippen LogP contribution in [-0.2, 0) is 0 Å². The predicted molar refractivity (Wildman–Crippen MR) is 148 cm³/mol. The van der Waals surface area contributed by atoms with Crippen molar-refractivity contribution in [3.05, 3.63) is 151 Å². The molecule has 6 rings (SSSR count). The molecular weight excluding hydrogens is 440 g/mol. The first kappa shape index (κ1) is 21.6. The van der Waals surface area contributed by atoms with Gasteiger partial charge in [0, 0.05) is 5.69 Å². The summed E-state index contributed by atoms with van der Waals surface area (Å²) in [6, 6.07) is 44.7. The summed E-state index contributed by atoms with van der Waals surface area (Å²) in [6.45, 7) is 4.37. The number of carbonyl (C=O) groups excluding carboxylic acids is 1. The third kappa shape index (κ3) is 3.77. The first-order valence-corrected chi connectivity index (χ1v) is 11.9. The molecule has 172 valence electrons. The Morgan fingerprint density at radius 2 is 0.861 bits per heavy atom. The molecule has 0 aliphatic carbocycles. The van der Waals surface area contributed by atoms with E-state index in [0.29, 0.717) is 11.4 Å². The molecule has 0 fully saturated rings. The van der Waals surface area contributed by atoms with Crippen LogP contribution in [-0.4, -0.2) is 5.91 Å². The number of hydrogen-bond acceptors (Lipinski definition) is 2. The molecular formula is C33H24N2O. The number of benzene rings is 5. The Hall–Kier alpha value is -4.89. The van der Waals surface area contributed by atoms with Crippen LogP contribution in [0.25, 0.3) is 22.3 Å². The zero-order valence-electron chi connectivity index (χ0n) is 19.7. The Labute approximate surface area is 211 Å². The number of anilines is 3. The van der Waals surface area contributed by atoms with Crippen molar-refractivity contribution < 1.29 is 4.79 Å². The zero-order valence-corrected chi connectivity index (χ0v) is 19.7. The van der Waals surface area contributed by atoms with Crippen LogP contribution in [0, 0.1) is 0 Å². The summed E-state index contributed by atoms with van der Waals surface area (Å²) in [5.74, 6) is 0.513. The molecule has 3 heteroatoms. The van der Waals surface area contributed by atoms with Crippen molar-refractivity contribution in [1.82, 2.24) is 0 Å². The third-order valence-corrected chi connectivity index (χ3v) is 6.56. The summed E-state index contributed by atoms with van der Waals surface area (Å²) in [4.78, 5) is 17.4. The molecule has 1 amide bonds. The monoisotopic (exact) mass is 464 g/mol. The van der Waals surface area contributed by atoms with E-state index in [-0.39, 0.29) is 5.91 Å². The highest BCUT2D eigenvalue weighted by Gasteiger charge is 2.34. The Balaban J connectivity index is 1.39. The first-order valence-electron chi connectivity index (χ1n) is 11.9. The van der Waals surface area contributed by atoms with E-state index >= 15 is 0 Å². The highest BCUT2D eigenvalue weighted by molar-refractivity contribution is 6.15. The van der Waals surface area contributed by atoms with Crippen molar-refractivity contribution in [2.75, 3.05) is 9.80 Å². The van der Waals surface area contributed by atoms with Gasteiger partial charge in [0.05, 0.1) is 16.9 Å². The third-order valence-electron chi connectivity index (χ3n) is 6.56. The minimum absolute atomic E-state index is 0.0831. The lowest BCUT2D eigenvalue weighted by Gasteiger charge is -2.39. The minimum Gasteiger partial charge on any atom is -0.296 e. The minimum atomic E-state index is -0.0831. The quantitative estimate of drug-likeness (QED) is 0.267. The highest BCUT2D eigenvalue weighted by atomic mass is 16.2. The Kier molecular flexibility index (Phi) is 5.44. The van der Waals surface area contributed by atoms with Crippen LogP contribution in [0.2, 0.25) is 0 Å². The molecule has 1 aliphatic rings. The van der Waals surface area contributed by atoms with Crippen molar-refractivity contribution >= 4 is 23.0 Å². The highest BCUT2D eigenvalue weighted by Crippen LogP contribution is 2.41. The largest absolute Gasteiger partial charge is 0.296 e. The second-order valence-electron chi connectivity index (χ2n) is 8.74. The van der Waals surface area contributed by atoms with Gasteiger partial charge in [-0.05, 0) is 58.7 Å². The second-order valence-corrected chi connectivity index (χ2v) is 8.74. The van der Waals surface area contributed by atoms with Crippen molar-refractivity contribution in [2.24, 2.45) is 0 Å². The van der Waals surface area contributed by atoms with Crippen LogP contribution in [0.4, 0.5) is 17.1 Å². The average Bonchev–Trinajstić information content (AvgIpc) is 2.95. The van der Waals surface area contributed by atoms with Gasteiger partial charge in [0.2, 0.25) is 0 Å². The van der Waals surface area contributed by atoms with E-state index in [1.807, 2.05) is 84.9 Å². The summed E-state index contributed by atoms with van der Waals surface area (Å²) in [5, 5.41) is 0. The molecule has 1 heterocycles. The maximum atomic E-state index is 13.6. The van der Waals surface area contributed by atoms with Crippen LogP contribution in [0.15, 0.2) is 146 Å². The summed E-state index contributed by atoms with van der Waals surface area (Å²) in [7, 11) is 0. The van der Waals surface area contributed by atoms with Gasteiger partial charge in [-0.25, -0.2) is 0 Å². The molecule has 0 atom stereocenters. The Morgan fingerprint density at radius 3 is 1.39 bits per heavy atom. The fourth-order valence-electron chi connectivity index (χ4n) is 4.75. The van der Waals surface area contributed by atoms with Crippen molar-refractivity contribution in [3.8, 4) is 22.3 Å². The van der Waals surface area contributed by atoms with Crippen LogP contribution in [0.1, 0.15) is 10.4 Å². The van der Waals surface area contributed by atoms with Gasteiger partial charge in [-0.15, -0.1) is 0 Å². The van der Waals surface area contributed by atoms with Crippen molar-refractivity contribution in [1.29, 1.82) is 0 Å². The zero-order chi connectivity index (χ0) is 24.5. The predicted octanol–water partition coefficient (Wildman–Crippen LogP) is 8.29. The standard InChI is InChI=1S/C33H24N2O/c1-24-34(29-20-16-27(17-21-29)25-10-4-2-5-11-25)32-15-9-8-14-31(32)33(36)35(24)30-22-18-28(19-23-30)26-12-6-3-7-13-26/h2-23H,1H2. The van der Waals surface area contributed by atoms with E-state index in [4.69, 9.17) is 0 Å². The molecule has 0 saturated carbocycles. The molecule has 0 saturated heterocycles. The van der Waals surface area contributed by atoms with Crippen LogP contribution in [0.5, 0.6) is 0 Å². The van der Waals surface area contributed by atoms with Crippen molar-refractivity contribution in [3.63, 3.8) is 0 Å². The normalized spacial score (nSPS) is 13.0. The van der Waals surface area contributed by atoms with Crippen LogP contribution in [0.3, 0.4) is 0 Å². The maximum Gasteiger partial charge on any atom is 0.266 e. The lowest BCUT2D eigenvalue weighted by Crippen LogP contribution is -2.42. The van der Waals surface area contributed by atoms with E-state index in [9.17, 15) is 4.79 Å². The van der Waals surface area contributed by atoms with E-state index in [1.54, 1.807) is 4.90 Å². The molecule has 3 nitrogen and oxygen atoms in total. The maximum absolute atomic E-state index is 13.6. The molecule has 0 aromatic heterocycles. The van der Waals surface area contributed by atoms with Gasteiger partial charge in [-0.1, -0.05) is 104 Å². The van der Waals surface area contributed by atoms with Gasteiger partial charge in [0.25, 0.3) is 5.91 Å². The first-order chi connectivity index (χ1) is 17.7. The second kappa shape index (κ2) is 9.05.